The third-order valence-electron chi connectivity index (χ3n) is 4.14. The molecule has 90 valence electrons. The summed E-state index contributed by atoms with van der Waals surface area (Å²) in [6.07, 6.45) is 5.10. The van der Waals surface area contributed by atoms with Crippen LogP contribution in [0.15, 0.2) is 12.5 Å². The van der Waals surface area contributed by atoms with Crippen molar-refractivity contribution in [3.63, 3.8) is 0 Å². The molecule has 0 radical (unpaired) electrons. The van der Waals surface area contributed by atoms with Gasteiger partial charge in [0.2, 0.25) is 0 Å². The first kappa shape index (κ1) is 10.7. The maximum Gasteiger partial charge on any atom is 0.257 e. The number of hydrogen-bond acceptors (Lipinski definition) is 4. The molecule has 1 aromatic heterocycles. The number of carbonyl (C=O) groups excluding carboxylic acids is 1. The van der Waals surface area contributed by atoms with Crippen molar-refractivity contribution >= 4 is 5.91 Å². The summed E-state index contributed by atoms with van der Waals surface area (Å²) < 4.78 is 0. The average molecular weight is 232 g/mol. The molecule has 2 aliphatic rings. The lowest BCUT2D eigenvalue weighted by Gasteiger charge is -2.42. The van der Waals surface area contributed by atoms with E-state index in [4.69, 9.17) is 0 Å². The molecule has 1 aromatic rings. The van der Waals surface area contributed by atoms with Crippen molar-refractivity contribution in [3.8, 4) is 0 Å². The summed E-state index contributed by atoms with van der Waals surface area (Å²) in [4.78, 5) is 24.7. The fourth-order valence-electron chi connectivity index (χ4n) is 2.95. The maximum absolute atomic E-state index is 12.2. The van der Waals surface area contributed by atoms with E-state index >= 15 is 0 Å². The molecular weight excluding hydrogens is 216 g/mol. The average Bonchev–Trinajstić information content (AvgIpc) is 2.57. The fraction of sp³-hybridized carbons (Fsp3) is 0.583. The zero-order valence-corrected chi connectivity index (χ0v) is 10.2. The van der Waals surface area contributed by atoms with Gasteiger partial charge in [-0.2, -0.15) is 0 Å². The van der Waals surface area contributed by atoms with Crippen molar-refractivity contribution in [2.24, 2.45) is 0 Å². The first-order chi connectivity index (χ1) is 8.15. The summed E-state index contributed by atoms with van der Waals surface area (Å²) in [5, 5.41) is 0. The zero-order valence-electron chi connectivity index (χ0n) is 10.2. The van der Waals surface area contributed by atoms with Crippen LogP contribution in [0.1, 0.15) is 28.9 Å². The Balaban J connectivity index is 2.09. The number of rotatable bonds is 0. The second-order valence-corrected chi connectivity index (χ2v) is 4.98. The van der Waals surface area contributed by atoms with E-state index in [0.29, 0.717) is 5.56 Å². The van der Waals surface area contributed by atoms with Crippen LogP contribution < -0.4 is 0 Å². The van der Waals surface area contributed by atoms with Gasteiger partial charge in [0.25, 0.3) is 5.91 Å². The zero-order chi connectivity index (χ0) is 12.0. The molecule has 1 spiro atoms. The van der Waals surface area contributed by atoms with Gasteiger partial charge in [0.1, 0.15) is 6.33 Å². The van der Waals surface area contributed by atoms with Crippen molar-refractivity contribution in [3.05, 3.63) is 23.8 Å². The van der Waals surface area contributed by atoms with Crippen LogP contribution in [0.25, 0.3) is 0 Å². The van der Waals surface area contributed by atoms with E-state index in [9.17, 15) is 4.79 Å². The highest BCUT2D eigenvalue weighted by Crippen LogP contribution is 2.43. The van der Waals surface area contributed by atoms with Crippen LogP contribution in [0.2, 0.25) is 0 Å². The van der Waals surface area contributed by atoms with Gasteiger partial charge in [0.05, 0.1) is 16.8 Å². The van der Waals surface area contributed by atoms with E-state index in [1.165, 1.54) is 0 Å². The molecule has 3 heterocycles. The SMILES string of the molecule is CN1CCC2(CC1)c1ncncc1C(=O)N2C. The number of carbonyl (C=O) groups is 1. The summed E-state index contributed by atoms with van der Waals surface area (Å²) in [5.74, 6) is 0.0603. The predicted octanol–water partition coefficient (Wildman–Crippen LogP) is 0.483. The van der Waals surface area contributed by atoms with Crippen molar-refractivity contribution in [1.29, 1.82) is 0 Å². The van der Waals surface area contributed by atoms with Gasteiger partial charge in [-0.1, -0.05) is 0 Å². The molecule has 5 heteroatoms. The molecule has 0 aliphatic carbocycles. The predicted molar refractivity (Wildman–Crippen MR) is 62.5 cm³/mol. The highest BCUT2D eigenvalue weighted by Gasteiger charge is 2.50. The summed E-state index contributed by atoms with van der Waals surface area (Å²) in [7, 11) is 4.00. The number of piperidine rings is 1. The van der Waals surface area contributed by atoms with Gasteiger partial charge in [0, 0.05) is 26.3 Å². The summed E-state index contributed by atoms with van der Waals surface area (Å²) in [6, 6.07) is 0. The fourth-order valence-corrected chi connectivity index (χ4v) is 2.95. The second-order valence-electron chi connectivity index (χ2n) is 4.98. The second kappa shape index (κ2) is 3.50. The van der Waals surface area contributed by atoms with Gasteiger partial charge in [-0.3, -0.25) is 4.79 Å². The molecule has 0 aromatic carbocycles. The number of nitrogens with zero attached hydrogens (tertiary/aromatic N) is 4. The Morgan fingerprint density at radius 1 is 1.29 bits per heavy atom. The van der Waals surface area contributed by atoms with Gasteiger partial charge in [-0.25, -0.2) is 9.97 Å². The van der Waals surface area contributed by atoms with E-state index < -0.39 is 0 Å². The topological polar surface area (TPSA) is 49.3 Å². The van der Waals surface area contributed by atoms with Crippen LogP contribution in [0.5, 0.6) is 0 Å². The van der Waals surface area contributed by atoms with Gasteiger partial charge in [-0.05, 0) is 19.9 Å². The summed E-state index contributed by atoms with van der Waals surface area (Å²) in [6.45, 7) is 2.00. The first-order valence-corrected chi connectivity index (χ1v) is 5.92. The lowest BCUT2D eigenvalue weighted by molar-refractivity contribution is 0.0413. The Hall–Kier alpha value is -1.49. The van der Waals surface area contributed by atoms with Crippen LogP contribution in [0, 0.1) is 0 Å². The third-order valence-corrected chi connectivity index (χ3v) is 4.14. The number of amides is 1. The Labute approximate surface area is 100 Å². The number of hydrogen-bond donors (Lipinski definition) is 0. The molecule has 3 rings (SSSR count). The molecule has 2 aliphatic heterocycles. The Morgan fingerprint density at radius 3 is 2.71 bits per heavy atom. The van der Waals surface area contributed by atoms with Crippen LogP contribution in [-0.2, 0) is 5.54 Å². The highest BCUT2D eigenvalue weighted by molar-refractivity contribution is 5.98. The van der Waals surface area contributed by atoms with Gasteiger partial charge in [-0.15, -0.1) is 0 Å². The number of fused-ring (bicyclic) bond motifs is 2. The molecule has 0 unspecified atom stereocenters. The van der Waals surface area contributed by atoms with Crippen LogP contribution in [0.4, 0.5) is 0 Å². The molecule has 0 N–H and O–H groups in total. The monoisotopic (exact) mass is 232 g/mol. The number of likely N-dealkylation sites (tertiary alicyclic amines) is 1. The van der Waals surface area contributed by atoms with Crippen LogP contribution in [0.3, 0.4) is 0 Å². The van der Waals surface area contributed by atoms with Crippen molar-refractivity contribution in [1.82, 2.24) is 19.8 Å². The van der Waals surface area contributed by atoms with E-state index in [2.05, 4.69) is 21.9 Å². The molecular formula is C12H16N4O. The largest absolute Gasteiger partial charge is 0.330 e. The highest BCUT2D eigenvalue weighted by atomic mass is 16.2. The molecule has 1 amide bonds. The molecule has 1 saturated heterocycles. The van der Waals surface area contributed by atoms with E-state index in [0.717, 1.165) is 31.6 Å². The minimum Gasteiger partial charge on any atom is -0.330 e. The minimum atomic E-state index is -0.193. The van der Waals surface area contributed by atoms with Crippen LogP contribution in [-0.4, -0.2) is 52.9 Å². The summed E-state index contributed by atoms with van der Waals surface area (Å²) >= 11 is 0. The normalized spacial score (nSPS) is 23.2. The van der Waals surface area contributed by atoms with Crippen molar-refractivity contribution in [2.75, 3.05) is 27.2 Å². The standard InChI is InChI=1S/C12H16N4O/c1-15-5-3-12(4-6-15)10-9(7-13-8-14-10)11(17)16(12)2/h7-8H,3-6H2,1-2H3. The van der Waals surface area contributed by atoms with Crippen molar-refractivity contribution in [2.45, 2.75) is 18.4 Å². The maximum atomic E-state index is 12.2. The Morgan fingerprint density at radius 2 is 2.00 bits per heavy atom. The Kier molecular flexibility index (Phi) is 2.19. The first-order valence-electron chi connectivity index (χ1n) is 5.92. The van der Waals surface area contributed by atoms with Gasteiger partial charge in [0.15, 0.2) is 0 Å². The Bertz CT molecular complexity index is 465. The lowest BCUT2D eigenvalue weighted by Crippen LogP contribution is -2.49. The third kappa shape index (κ3) is 1.32. The molecule has 0 saturated carbocycles. The van der Waals surface area contributed by atoms with Gasteiger partial charge < -0.3 is 9.80 Å². The summed E-state index contributed by atoms with van der Waals surface area (Å²) in [5.41, 5.74) is 1.41. The van der Waals surface area contributed by atoms with Gasteiger partial charge >= 0.3 is 0 Å². The van der Waals surface area contributed by atoms with E-state index in [1.807, 2.05) is 11.9 Å². The smallest absolute Gasteiger partial charge is 0.257 e. The van der Waals surface area contributed by atoms with Crippen molar-refractivity contribution < 1.29 is 4.79 Å². The molecule has 1 fully saturated rings. The molecule has 0 bridgehead atoms. The van der Waals surface area contributed by atoms with E-state index in [-0.39, 0.29) is 11.4 Å². The molecule has 0 atom stereocenters. The number of aromatic nitrogens is 2. The minimum absolute atomic E-state index is 0.0603. The molecule has 5 nitrogen and oxygen atoms in total. The van der Waals surface area contributed by atoms with Crippen LogP contribution >= 0.6 is 0 Å². The van der Waals surface area contributed by atoms with E-state index in [1.54, 1.807) is 12.5 Å². The quantitative estimate of drug-likeness (QED) is 0.653. The lowest BCUT2D eigenvalue weighted by atomic mass is 9.84. The molecule has 17 heavy (non-hydrogen) atoms.